The van der Waals surface area contributed by atoms with Gasteiger partial charge in [-0.3, -0.25) is 4.79 Å². The first-order valence-electron chi connectivity index (χ1n) is 7.99. The zero-order valence-corrected chi connectivity index (χ0v) is 13.7. The summed E-state index contributed by atoms with van der Waals surface area (Å²) in [6, 6.07) is 6.73. The normalized spacial score (nSPS) is 16.3. The molecule has 1 aliphatic carbocycles. The lowest BCUT2D eigenvalue weighted by atomic mass is 9.94. The third kappa shape index (κ3) is 2.84. The number of fused-ring (bicyclic) bond motifs is 1. The van der Waals surface area contributed by atoms with Crippen LogP contribution >= 0.6 is 11.3 Å². The van der Waals surface area contributed by atoms with E-state index in [-0.39, 0.29) is 5.43 Å². The summed E-state index contributed by atoms with van der Waals surface area (Å²) in [7, 11) is 0. The van der Waals surface area contributed by atoms with Crippen LogP contribution in [0.1, 0.15) is 44.6 Å². The maximum Gasteiger partial charge on any atom is 0.211 e. The number of aryl methyl sites for hydroxylation is 1. The van der Waals surface area contributed by atoms with Crippen LogP contribution in [0.2, 0.25) is 0 Å². The van der Waals surface area contributed by atoms with E-state index in [1.165, 1.54) is 32.1 Å². The fourth-order valence-electron chi connectivity index (χ4n) is 3.45. The molecule has 0 unspecified atom stereocenters. The molecule has 3 rings (SSSR count). The van der Waals surface area contributed by atoms with Crippen molar-refractivity contribution in [2.24, 2.45) is 0 Å². The predicted octanol–water partition coefficient (Wildman–Crippen LogP) is 4.73. The Labute approximate surface area is 130 Å². The van der Waals surface area contributed by atoms with Gasteiger partial charge in [-0.05, 0) is 38.8 Å². The largest absolute Gasteiger partial charge is 0.365 e. The molecule has 0 atom stereocenters. The Morgan fingerprint density at radius 3 is 2.71 bits per heavy atom. The maximum atomic E-state index is 12.9. The van der Waals surface area contributed by atoms with Crippen LogP contribution in [0.3, 0.4) is 0 Å². The van der Waals surface area contributed by atoms with Gasteiger partial charge in [0, 0.05) is 28.1 Å². The topological polar surface area (TPSA) is 20.3 Å². The summed E-state index contributed by atoms with van der Waals surface area (Å²) in [6.07, 6.45) is 6.39. The van der Waals surface area contributed by atoms with Gasteiger partial charge in [0.2, 0.25) is 5.43 Å². The summed E-state index contributed by atoms with van der Waals surface area (Å²) < 4.78 is 1.09. The summed E-state index contributed by atoms with van der Waals surface area (Å²) in [5.41, 5.74) is 2.28. The number of nitrogens with zero attached hydrogens (tertiary/aromatic N) is 1. The fraction of sp³-hybridized carbons (Fsp3) is 0.500. The number of benzene rings is 1. The summed E-state index contributed by atoms with van der Waals surface area (Å²) in [5, 5.41) is 2.95. The fourth-order valence-corrected chi connectivity index (χ4v) is 4.36. The number of hydrogen-bond acceptors (Lipinski definition) is 3. The van der Waals surface area contributed by atoms with Crippen LogP contribution in [0.25, 0.3) is 10.1 Å². The Kier molecular flexibility index (Phi) is 4.29. The monoisotopic (exact) mass is 301 g/mol. The van der Waals surface area contributed by atoms with Gasteiger partial charge in [-0.1, -0.05) is 30.9 Å². The Morgan fingerprint density at radius 2 is 2.00 bits per heavy atom. The second kappa shape index (κ2) is 6.18. The molecule has 0 spiro atoms. The van der Waals surface area contributed by atoms with Crippen LogP contribution in [0, 0.1) is 6.92 Å². The molecule has 21 heavy (non-hydrogen) atoms. The van der Waals surface area contributed by atoms with Crippen LogP contribution in [-0.2, 0) is 0 Å². The smallest absolute Gasteiger partial charge is 0.211 e. The molecule has 2 nitrogen and oxygen atoms in total. The van der Waals surface area contributed by atoms with Crippen LogP contribution in [0.5, 0.6) is 0 Å². The van der Waals surface area contributed by atoms with Crippen molar-refractivity contribution >= 4 is 27.1 Å². The molecular formula is C18H23NOS. The van der Waals surface area contributed by atoms with Crippen LogP contribution < -0.4 is 10.3 Å². The Morgan fingerprint density at radius 1 is 1.24 bits per heavy atom. The Bertz CT molecular complexity index is 685. The molecular weight excluding hydrogens is 278 g/mol. The number of anilines is 1. The zero-order chi connectivity index (χ0) is 14.8. The molecule has 0 N–H and O–H groups in total. The second-order valence-electron chi connectivity index (χ2n) is 6.03. The van der Waals surface area contributed by atoms with Gasteiger partial charge in [0.15, 0.2) is 0 Å². The van der Waals surface area contributed by atoms with Crippen LogP contribution in [0.4, 0.5) is 5.69 Å². The molecule has 1 heterocycles. The zero-order valence-electron chi connectivity index (χ0n) is 12.9. The van der Waals surface area contributed by atoms with Gasteiger partial charge in [0.25, 0.3) is 0 Å². The molecule has 0 saturated heterocycles. The molecule has 0 radical (unpaired) electrons. The van der Waals surface area contributed by atoms with E-state index in [4.69, 9.17) is 0 Å². The maximum absolute atomic E-state index is 12.9. The summed E-state index contributed by atoms with van der Waals surface area (Å²) in [5.74, 6) is 0. The van der Waals surface area contributed by atoms with Crippen molar-refractivity contribution in [1.82, 2.24) is 0 Å². The minimum absolute atomic E-state index is 0.208. The van der Waals surface area contributed by atoms with E-state index in [2.05, 4.69) is 36.3 Å². The van der Waals surface area contributed by atoms with Gasteiger partial charge < -0.3 is 4.90 Å². The van der Waals surface area contributed by atoms with Gasteiger partial charge in [-0.2, -0.15) is 0 Å². The molecule has 1 aromatic carbocycles. The molecule has 1 fully saturated rings. The van der Waals surface area contributed by atoms with Crippen molar-refractivity contribution in [1.29, 1.82) is 0 Å². The first-order valence-corrected chi connectivity index (χ1v) is 8.87. The van der Waals surface area contributed by atoms with Gasteiger partial charge in [-0.25, -0.2) is 0 Å². The highest BCUT2D eigenvalue weighted by Gasteiger charge is 2.22. The van der Waals surface area contributed by atoms with Crippen molar-refractivity contribution in [3.05, 3.63) is 39.4 Å². The highest BCUT2D eigenvalue weighted by Crippen LogP contribution is 2.28. The van der Waals surface area contributed by atoms with Gasteiger partial charge in [0.05, 0.1) is 5.69 Å². The summed E-state index contributed by atoms with van der Waals surface area (Å²) >= 11 is 1.69. The molecule has 0 bridgehead atoms. The second-order valence-corrected chi connectivity index (χ2v) is 6.94. The summed E-state index contributed by atoms with van der Waals surface area (Å²) in [6.45, 7) is 5.14. The lowest BCUT2D eigenvalue weighted by Gasteiger charge is -2.34. The Hall–Kier alpha value is -1.35. The molecule has 112 valence electrons. The van der Waals surface area contributed by atoms with Crippen molar-refractivity contribution in [2.75, 3.05) is 11.4 Å². The van der Waals surface area contributed by atoms with Crippen molar-refractivity contribution < 1.29 is 0 Å². The number of hydrogen-bond donors (Lipinski definition) is 0. The quantitative estimate of drug-likeness (QED) is 0.817. The average molecular weight is 301 g/mol. The number of rotatable bonds is 3. The highest BCUT2D eigenvalue weighted by molar-refractivity contribution is 7.16. The van der Waals surface area contributed by atoms with E-state index in [0.29, 0.717) is 6.04 Å². The predicted molar refractivity (Wildman–Crippen MR) is 92.7 cm³/mol. The molecule has 0 aliphatic heterocycles. The standard InChI is InChI=1S/C18H23NOS/c1-3-19(14-7-5-4-6-8-14)16-12-21-17-10-9-13(2)11-15(17)18(16)20/h9-12,14H,3-8H2,1-2H3. The van der Waals surface area contributed by atoms with Gasteiger partial charge in [0.1, 0.15) is 0 Å². The SMILES string of the molecule is CCN(c1csc2ccc(C)cc2c1=O)C1CCCCC1. The molecule has 1 aromatic heterocycles. The molecule has 2 aromatic rings. The summed E-state index contributed by atoms with van der Waals surface area (Å²) in [4.78, 5) is 15.2. The van der Waals surface area contributed by atoms with E-state index >= 15 is 0 Å². The van der Waals surface area contributed by atoms with Gasteiger partial charge in [-0.15, -0.1) is 11.3 Å². The Balaban J connectivity index is 2.05. The van der Waals surface area contributed by atoms with Crippen molar-refractivity contribution in [3.63, 3.8) is 0 Å². The first-order chi connectivity index (χ1) is 10.2. The minimum Gasteiger partial charge on any atom is -0.365 e. The first kappa shape index (κ1) is 14.6. The molecule has 3 heteroatoms. The minimum atomic E-state index is 0.208. The lowest BCUT2D eigenvalue weighted by molar-refractivity contribution is 0.418. The van der Waals surface area contributed by atoms with Crippen LogP contribution in [-0.4, -0.2) is 12.6 Å². The van der Waals surface area contributed by atoms with E-state index < -0.39 is 0 Å². The van der Waals surface area contributed by atoms with E-state index in [0.717, 1.165) is 27.9 Å². The van der Waals surface area contributed by atoms with Crippen molar-refractivity contribution in [3.8, 4) is 0 Å². The lowest BCUT2D eigenvalue weighted by Crippen LogP contribution is -2.39. The van der Waals surface area contributed by atoms with E-state index in [9.17, 15) is 4.79 Å². The van der Waals surface area contributed by atoms with Crippen molar-refractivity contribution in [2.45, 2.75) is 52.0 Å². The van der Waals surface area contributed by atoms with Crippen LogP contribution in [0.15, 0.2) is 28.4 Å². The van der Waals surface area contributed by atoms with E-state index in [1.807, 2.05) is 6.07 Å². The molecule has 1 saturated carbocycles. The van der Waals surface area contributed by atoms with Gasteiger partial charge >= 0.3 is 0 Å². The third-order valence-electron chi connectivity index (χ3n) is 4.58. The molecule has 1 aliphatic rings. The third-order valence-corrected chi connectivity index (χ3v) is 5.53. The highest BCUT2D eigenvalue weighted by atomic mass is 32.1. The van der Waals surface area contributed by atoms with E-state index in [1.54, 1.807) is 11.3 Å². The average Bonchev–Trinajstić information content (AvgIpc) is 2.52. The molecule has 0 amide bonds.